The van der Waals surface area contributed by atoms with E-state index in [1.54, 1.807) is 0 Å². The molecule has 2 N–H and O–H groups in total. The number of ether oxygens (including phenoxy) is 1. The monoisotopic (exact) mass is 436 g/mol. The third kappa shape index (κ3) is 38.3. The Kier molecular flexibility index (Phi) is 22.7. The van der Waals surface area contributed by atoms with Gasteiger partial charge in [-0.25, -0.2) is 0 Å². The van der Waals surface area contributed by atoms with Gasteiger partial charge in [0.25, 0.3) is 0 Å². The van der Waals surface area contributed by atoms with E-state index >= 15 is 0 Å². The Labute approximate surface area is 179 Å². The van der Waals surface area contributed by atoms with Crippen molar-refractivity contribution in [1.29, 1.82) is 0 Å². The number of carbonyl (C=O) groups excluding carboxylic acids is 1. The molecule has 174 valence electrons. The van der Waals surface area contributed by atoms with Crippen molar-refractivity contribution in [2.45, 2.75) is 111 Å². The van der Waals surface area contributed by atoms with E-state index in [1.807, 2.05) is 0 Å². The van der Waals surface area contributed by atoms with Crippen LogP contribution >= 0.6 is 0 Å². The molecule has 0 heterocycles. The Morgan fingerprint density at radius 2 is 1.24 bits per heavy atom. The van der Waals surface area contributed by atoms with Gasteiger partial charge in [0.05, 0.1) is 6.61 Å². The first-order chi connectivity index (χ1) is 13.7. The summed E-state index contributed by atoms with van der Waals surface area (Å²) in [6, 6.07) is 0. The summed E-state index contributed by atoms with van der Waals surface area (Å²) >= 11 is 0. The molecule has 0 rings (SSSR count). The topological polar surface area (TPSA) is 101 Å². The van der Waals surface area contributed by atoms with Crippen molar-refractivity contribution in [1.82, 2.24) is 0 Å². The highest BCUT2D eigenvalue weighted by Crippen LogP contribution is 2.10. The van der Waals surface area contributed by atoms with Gasteiger partial charge in [-0.15, -0.1) is 0 Å². The minimum absolute atomic E-state index is 0.0265. The van der Waals surface area contributed by atoms with E-state index < -0.39 is 10.4 Å². The molecule has 0 saturated carbocycles. The van der Waals surface area contributed by atoms with E-state index in [9.17, 15) is 4.79 Å². The molecule has 0 aromatic heterocycles. The van der Waals surface area contributed by atoms with Crippen LogP contribution in [-0.2, 0) is 19.9 Å². The molecule has 0 aromatic carbocycles. The van der Waals surface area contributed by atoms with Crippen LogP contribution in [0.2, 0.25) is 0 Å². The normalized spacial score (nSPS) is 11.5. The molecule has 0 fully saturated rings. The Hall–Kier alpha value is -0.920. The molecular formula is C22H44O6S. The van der Waals surface area contributed by atoms with Gasteiger partial charge in [0.2, 0.25) is 0 Å². The highest BCUT2D eigenvalue weighted by atomic mass is 32.3. The zero-order valence-electron chi connectivity index (χ0n) is 18.8. The van der Waals surface area contributed by atoms with Crippen molar-refractivity contribution in [2.75, 3.05) is 6.61 Å². The van der Waals surface area contributed by atoms with Gasteiger partial charge in [0.1, 0.15) is 0 Å². The zero-order chi connectivity index (χ0) is 22.4. The number of allylic oxidation sites excluding steroid dienone is 2. The summed E-state index contributed by atoms with van der Waals surface area (Å²) in [6.07, 6.45) is 22.0. The standard InChI is InChI=1S/C22H42O2.H2O4S/c1-4-5-6-7-8-9-10-11-12-13-14-15-16-17-18-19-22(23)24-20-21(2)3;1-5(2,3)4/h11-12,21H,4-10,13-20H2,1-3H3;(H2,1,2,3,4). The van der Waals surface area contributed by atoms with E-state index in [4.69, 9.17) is 22.3 Å². The summed E-state index contributed by atoms with van der Waals surface area (Å²) in [6.45, 7) is 6.96. The zero-order valence-corrected chi connectivity index (χ0v) is 19.6. The van der Waals surface area contributed by atoms with Crippen LogP contribution in [0.5, 0.6) is 0 Å². The predicted molar refractivity (Wildman–Crippen MR) is 119 cm³/mol. The Morgan fingerprint density at radius 1 is 0.828 bits per heavy atom. The molecule has 0 atom stereocenters. The average molecular weight is 437 g/mol. The average Bonchev–Trinajstić information content (AvgIpc) is 2.61. The molecule has 0 amide bonds. The maximum absolute atomic E-state index is 11.5. The molecule has 7 heteroatoms. The second-order valence-electron chi connectivity index (χ2n) is 7.86. The highest BCUT2D eigenvalue weighted by molar-refractivity contribution is 7.79. The summed E-state index contributed by atoms with van der Waals surface area (Å²) < 4.78 is 36.8. The van der Waals surface area contributed by atoms with Gasteiger partial charge in [0, 0.05) is 6.42 Å². The number of rotatable bonds is 17. The molecule has 0 aliphatic rings. The lowest BCUT2D eigenvalue weighted by Gasteiger charge is -2.06. The lowest BCUT2D eigenvalue weighted by Crippen LogP contribution is -2.09. The number of esters is 1. The molecule has 0 aliphatic carbocycles. The smallest absolute Gasteiger partial charge is 0.394 e. The number of hydrogen-bond donors (Lipinski definition) is 2. The Balaban J connectivity index is 0. The SMILES string of the molecule is CCCCCCCCC=CCCCCCCCC(=O)OCC(C)C.O=S(=O)(O)O. The van der Waals surface area contributed by atoms with Crippen molar-refractivity contribution in [3.8, 4) is 0 Å². The lowest BCUT2D eigenvalue weighted by molar-refractivity contribution is -0.144. The minimum atomic E-state index is -4.67. The molecule has 0 spiro atoms. The van der Waals surface area contributed by atoms with Gasteiger partial charge in [-0.1, -0.05) is 84.3 Å². The van der Waals surface area contributed by atoms with Gasteiger partial charge in [-0.3, -0.25) is 13.9 Å². The van der Waals surface area contributed by atoms with Crippen molar-refractivity contribution in [3.05, 3.63) is 12.2 Å². The van der Waals surface area contributed by atoms with Crippen molar-refractivity contribution in [2.24, 2.45) is 5.92 Å². The van der Waals surface area contributed by atoms with Crippen LogP contribution < -0.4 is 0 Å². The lowest BCUT2D eigenvalue weighted by atomic mass is 10.1. The molecule has 6 nitrogen and oxygen atoms in total. The fourth-order valence-corrected chi connectivity index (χ4v) is 2.67. The highest BCUT2D eigenvalue weighted by Gasteiger charge is 2.03. The molecule has 0 radical (unpaired) electrons. The summed E-state index contributed by atoms with van der Waals surface area (Å²) in [5, 5.41) is 0. The van der Waals surface area contributed by atoms with Crippen molar-refractivity contribution >= 4 is 16.4 Å². The largest absolute Gasteiger partial charge is 0.465 e. The van der Waals surface area contributed by atoms with E-state index in [0.717, 1.165) is 12.8 Å². The van der Waals surface area contributed by atoms with Gasteiger partial charge in [-0.2, -0.15) is 8.42 Å². The third-order valence-electron chi connectivity index (χ3n) is 4.22. The van der Waals surface area contributed by atoms with Crippen LogP contribution in [0.3, 0.4) is 0 Å². The van der Waals surface area contributed by atoms with Gasteiger partial charge >= 0.3 is 16.4 Å². The molecule has 0 bridgehead atoms. The first-order valence-corrected chi connectivity index (χ1v) is 12.6. The van der Waals surface area contributed by atoms with Crippen LogP contribution in [0.1, 0.15) is 111 Å². The molecule has 0 unspecified atom stereocenters. The second-order valence-corrected chi connectivity index (χ2v) is 8.75. The molecule has 0 aliphatic heterocycles. The Morgan fingerprint density at radius 3 is 1.69 bits per heavy atom. The number of unbranched alkanes of at least 4 members (excludes halogenated alkanes) is 11. The van der Waals surface area contributed by atoms with Crippen LogP contribution in [0, 0.1) is 5.92 Å². The maximum atomic E-state index is 11.5. The number of carbonyl (C=O) groups is 1. The summed E-state index contributed by atoms with van der Waals surface area (Å²) in [5.41, 5.74) is 0. The predicted octanol–water partition coefficient (Wildman–Crippen LogP) is 6.57. The molecule has 29 heavy (non-hydrogen) atoms. The van der Waals surface area contributed by atoms with Gasteiger partial charge < -0.3 is 4.74 Å². The van der Waals surface area contributed by atoms with Gasteiger partial charge in [0.15, 0.2) is 0 Å². The van der Waals surface area contributed by atoms with E-state index in [1.165, 1.54) is 70.6 Å². The Bertz CT molecular complexity index is 478. The first-order valence-electron chi connectivity index (χ1n) is 11.2. The van der Waals surface area contributed by atoms with Crippen molar-refractivity contribution in [3.63, 3.8) is 0 Å². The quantitative estimate of drug-likeness (QED) is 0.116. The van der Waals surface area contributed by atoms with Crippen LogP contribution in [-0.4, -0.2) is 30.1 Å². The second kappa shape index (κ2) is 21.8. The van der Waals surface area contributed by atoms with Crippen LogP contribution in [0.15, 0.2) is 12.2 Å². The fraction of sp³-hybridized carbons (Fsp3) is 0.864. The summed E-state index contributed by atoms with van der Waals surface area (Å²) in [5.74, 6) is 0.407. The minimum Gasteiger partial charge on any atom is -0.465 e. The summed E-state index contributed by atoms with van der Waals surface area (Å²) in [4.78, 5) is 11.5. The van der Waals surface area contributed by atoms with Gasteiger partial charge in [-0.05, 0) is 38.0 Å². The molecular weight excluding hydrogens is 392 g/mol. The van der Waals surface area contributed by atoms with Crippen molar-refractivity contribution < 1.29 is 27.1 Å². The van der Waals surface area contributed by atoms with E-state index in [2.05, 4.69) is 32.9 Å². The van der Waals surface area contributed by atoms with Crippen LogP contribution in [0.4, 0.5) is 0 Å². The maximum Gasteiger partial charge on any atom is 0.394 e. The first kappa shape index (κ1) is 30.3. The van der Waals surface area contributed by atoms with E-state index in [-0.39, 0.29) is 5.97 Å². The summed E-state index contributed by atoms with van der Waals surface area (Å²) in [7, 11) is -4.67. The van der Waals surface area contributed by atoms with Crippen LogP contribution in [0.25, 0.3) is 0 Å². The van der Waals surface area contributed by atoms with E-state index in [0.29, 0.717) is 18.9 Å². The molecule has 0 saturated heterocycles. The third-order valence-corrected chi connectivity index (χ3v) is 4.22. The fourth-order valence-electron chi connectivity index (χ4n) is 2.67. The molecule has 0 aromatic rings. The number of hydrogen-bond acceptors (Lipinski definition) is 4.